The molecule has 2 heterocycles. The highest BCUT2D eigenvalue weighted by Crippen LogP contribution is 2.22. The van der Waals surface area contributed by atoms with E-state index in [1.54, 1.807) is 6.20 Å². The number of carbonyl (C=O) groups is 1. The van der Waals surface area contributed by atoms with Crippen LogP contribution < -0.4 is 5.32 Å². The lowest BCUT2D eigenvalue weighted by Gasteiger charge is -2.07. The Bertz CT molecular complexity index is 1270. The number of hydrogen-bond acceptors (Lipinski definition) is 3. The number of imidazole rings is 1. The number of nitrogens with one attached hydrogen (secondary N) is 1. The summed E-state index contributed by atoms with van der Waals surface area (Å²) >= 11 is 0. The summed E-state index contributed by atoms with van der Waals surface area (Å²) in [4.78, 5) is 21.3. The highest BCUT2D eigenvalue weighted by molar-refractivity contribution is 6.06. The van der Waals surface area contributed by atoms with Gasteiger partial charge in [0, 0.05) is 35.4 Å². The Kier molecular flexibility index (Phi) is 3.84. The predicted molar refractivity (Wildman–Crippen MR) is 110 cm³/mol. The molecule has 2 aromatic heterocycles. The summed E-state index contributed by atoms with van der Waals surface area (Å²) in [5.74, 6) is 0.529. The molecule has 134 valence electrons. The minimum atomic E-state index is -0.129. The first-order valence-corrected chi connectivity index (χ1v) is 8.97. The number of rotatable bonds is 3. The lowest BCUT2D eigenvalue weighted by Crippen LogP contribution is -2.11. The number of amides is 1. The lowest BCUT2D eigenvalue weighted by atomic mass is 10.1. The van der Waals surface area contributed by atoms with Crippen molar-refractivity contribution in [1.29, 1.82) is 0 Å². The van der Waals surface area contributed by atoms with Crippen molar-refractivity contribution < 1.29 is 4.79 Å². The number of aromatic nitrogens is 3. The quantitative estimate of drug-likeness (QED) is 0.500. The van der Waals surface area contributed by atoms with Gasteiger partial charge in [-0.25, -0.2) is 9.97 Å². The van der Waals surface area contributed by atoms with Crippen LogP contribution in [0.15, 0.2) is 91.4 Å². The fourth-order valence-electron chi connectivity index (χ4n) is 3.23. The van der Waals surface area contributed by atoms with E-state index in [1.165, 1.54) is 0 Å². The Hall–Kier alpha value is -3.99. The van der Waals surface area contributed by atoms with E-state index in [0.717, 1.165) is 27.7 Å². The van der Waals surface area contributed by atoms with Crippen molar-refractivity contribution in [2.75, 3.05) is 5.32 Å². The molecule has 3 aromatic carbocycles. The standard InChI is InChI=1S/C23H16N4O/c28-22(19-7-6-16-4-1-2-5-18(16)14-19)25-20-10-8-17(9-11-20)21-15-27-13-3-12-24-23(27)26-21/h1-15H,(H,25,28). The van der Waals surface area contributed by atoms with Crippen LogP contribution >= 0.6 is 0 Å². The van der Waals surface area contributed by atoms with Gasteiger partial charge in [0.15, 0.2) is 0 Å². The maximum absolute atomic E-state index is 12.6. The molecular formula is C23H16N4O. The molecule has 1 amide bonds. The van der Waals surface area contributed by atoms with E-state index >= 15 is 0 Å². The van der Waals surface area contributed by atoms with Crippen LogP contribution in [0, 0.1) is 0 Å². The number of carbonyl (C=O) groups excluding carboxylic acids is 1. The molecule has 0 fully saturated rings. The first kappa shape index (κ1) is 16.2. The zero-order chi connectivity index (χ0) is 18.9. The second-order valence-corrected chi connectivity index (χ2v) is 6.55. The van der Waals surface area contributed by atoms with Crippen molar-refractivity contribution in [2.45, 2.75) is 0 Å². The van der Waals surface area contributed by atoms with E-state index in [9.17, 15) is 4.79 Å². The zero-order valence-corrected chi connectivity index (χ0v) is 14.9. The summed E-state index contributed by atoms with van der Waals surface area (Å²) in [5, 5.41) is 5.11. The molecule has 5 nitrogen and oxygen atoms in total. The van der Waals surface area contributed by atoms with Gasteiger partial charge in [0.1, 0.15) is 0 Å². The highest BCUT2D eigenvalue weighted by atomic mass is 16.1. The van der Waals surface area contributed by atoms with Gasteiger partial charge in [-0.15, -0.1) is 0 Å². The number of benzene rings is 3. The maximum atomic E-state index is 12.6. The van der Waals surface area contributed by atoms with Gasteiger partial charge in [-0.05, 0) is 41.1 Å². The summed E-state index contributed by atoms with van der Waals surface area (Å²) in [6.45, 7) is 0. The zero-order valence-electron chi connectivity index (χ0n) is 14.9. The van der Waals surface area contributed by atoms with Gasteiger partial charge in [0.2, 0.25) is 5.78 Å². The molecule has 28 heavy (non-hydrogen) atoms. The first-order valence-electron chi connectivity index (χ1n) is 8.97. The smallest absolute Gasteiger partial charge is 0.255 e. The summed E-state index contributed by atoms with van der Waals surface area (Å²) in [6.07, 6.45) is 5.57. The third-order valence-corrected chi connectivity index (χ3v) is 4.69. The van der Waals surface area contributed by atoms with Crippen LogP contribution in [0.25, 0.3) is 27.8 Å². The van der Waals surface area contributed by atoms with Gasteiger partial charge in [0.05, 0.1) is 5.69 Å². The van der Waals surface area contributed by atoms with Gasteiger partial charge in [0.25, 0.3) is 5.91 Å². The molecule has 0 spiro atoms. The topological polar surface area (TPSA) is 59.3 Å². The van der Waals surface area contributed by atoms with Gasteiger partial charge < -0.3 is 5.32 Å². The summed E-state index contributed by atoms with van der Waals surface area (Å²) in [7, 11) is 0. The molecule has 1 N–H and O–H groups in total. The second-order valence-electron chi connectivity index (χ2n) is 6.55. The summed E-state index contributed by atoms with van der Waals surface area (Å²) in [5.41, 5.74) is 3.18. The van der Waals surface area contributed by atoms with E-state index in [2.05, 4.69) is 15.3 Å². The minimum absolute atomic E-state index is 0.129. The molecule has 0 bridgehead atoms. The van der Waals surface area contributed by atoms with E-state index in [4.69, 9.17) is 0 Å². The average Bonchev–Trinajstić information content (AvgIpc) is 3.18. The first-order chi connectivity index (χ1) is 13.8. The van der Waals surface area contributed by atoms with Crippen LogP contribution in [0.4, 0.5) is 5.69 Å². The number of nitrogens with zero attached hydrogens (tertiary/aromatic N) is 3. The van der Waals surface area contributed by atoms with Crippen molar-refractivity contribution in [3.63, 3.8) is 0 Å². The fourth-order valence-corrected chi connectivity index (χ4v) is 3.23. The maximum Gasteiger partial charge on any atom is 0.255 e. The second kappa shape index (κ2) is 6.63. The molecule has 0 aliphatic carbocycles. The van der Waals surface area contributed by atoms with Crippen molar-refractivity contribution in [3.8, 4) is 11.3 Å². The number of anilines is 1. The molecular weight excluding hydrogens is 348 g/mol. The molecule has 5 heteroatoms. The Morgan fingerprint density at radius 2 is 1.71 bits per heavy atom. The van der Waals surface area contributed by atoms with E-state index < -0.39 is 0 Å². The minimum Gasteiger partial charge on any atom is -0.322 e. The number of hydrogen-bond donors (Lipinski definition) is 1. The lowest BCUT2D eigenvalue weighted by molar-refractivity contribution is 0.102. The van der Waals surface area contributed by atoms with Crippen molar-refractivity contribution in [1.82, 2.24) is 14.4 Å². The third-order valence-electron chi connectivity index (χ3n) is 4.69. The van der Waals surface area contributed by atoms with E-state index in [1.807, 2.05) is 89.6 Å². The van der Waals surface area contributed by atoms with Crippen LogP contribution in [0.3, 0.4) is 0 Å². The van der Waals surface area contributed by atoms with E-state index in [0.29, 0.717) is 11.3 Å². The largest absolute Gasteiger partial charge is 0.322 e. The molecule has 0 atom stereocenters. The molecule has 0 aliphatic rings. The number of fused-ring (bicyclic) bond motifs is 2. The van der Waals surface area contributed by atoms with Gasteiger partial charge in [-0.1, -0.05) is 42.5 Å². The van der Waals surface area contributed by atoms with Gasteiger partial charge in [-0.3, -0.25) is 9.20 Å². The molecule has 0 unspecified atom stereocenters. The van der Waals surface area contributed by atoms with Crippen molar-refractivity contribution in [2.24, 2.45) is 0 Å². The van der Waals surface area contributed by atoms with Gasteiger partial charge >= 0.3 is 0 Å². The molecule has 5 rings (SSSR count). The van der Waals surface area contributed by atoms with Crippen LogP contribution in [0.2, 0.25) is 0 Å². The summed E-state index contributed by atoms with van der Waals surface area (Å²) in [6, 6.07) is 23.2. The Labute approximate surface area is 161 Å². The Balaban J connectivity index is 1.37. The van der Waals surface area contributed by atoms with Crippen LogP contribution in [0.5, 0.6) is 0 Å². The molecule has 5 aromatic rings. The van der Waals surface area contributed by atoms with Crippen molar-refractivity contribution in [3.05, 3.63) is 97.0 Å². The van der Waals surface area contributed by atoms with Crippen LogP contribution in [0.1, 0.15) is 10.4 Å². The fraction of sp³-hybridized carbons (Fsp3) is 0. The Morgan fingerprint density at radius 3 is 2.54 bits per heavy atom. The molecule has 0 radical (unpaired) electrons. The monoisotopic (exact) mass is 364 g/mol. The third kappa shape index (κ3) is 2.99. The molecule has 0 saturated heterocycles. The average molecular weight is 364 g/mol. The van der Waals surface area contributed by atoms with E-state index in [-0.39, 0.29) is 5.91 Å². The summed E-state index contributed by atoms with van der Waals surface area (Å²) < 4.78 is 1.88. The van der Waals surface area contributed by atoms with Gasteiger partial charge in [-0.2, -0.15) is 0 Å². The van der Waals surface area contributed by atoms with Crippen LogP contribution in [-0.4, -0.2) is 20.3 Å². The SMILES string of the molecule is O=C(Nc1ccc(-c2cn3cccnc3n2)cc1)c1ccc2ccccc2c1. The molecule has 0 saturated carbocycles. The predicted octanol–water partition coefficient (Wildman–Crippen LogP) is 4.80. The Morgan fingerprint density at radius 1 is 0.893 bits per heavy atom. The molecule has 0 aliphatic heterocycles. The van der Waals surface area contributed by atoms with Crippen LogP contribution in [-0.2, 0) is 0 Å². The normalized spacial score (nSPS) is 11.0. The highest BCUT2D eigenvalue weighted by Gasteiger charge is 2.08. The van der Waals surface area contributed by atoms with Crippen molar-refractivity contribution >= 4 is 28.1 Å².